The molecule has 4 rings (SSSR count). The molecule has 0 aromatic heterocycles. The van der Waals surface area contributed by atoms with Gasteiger partial charge in [0, 0.05) is 42.9 Å². The van der Waals surface area contributed by atoms with Crippen molar-refractivity contribution >= 4 is 45.8 Å². The van der Waals surface area contributed by atoms with Crippen LogP contribution in [0, 0.1) is 17.8 Å². The summed E-state index contributed by atoms with van der Waals surface area (Å²) in [6.07, 6.45) is 0.619. The van der Waals surface area contributed by atoms with Crippen molar-refractivity contribution in [3.8, 4) is 0 Å². The van der Waals surface area contributed by atoms with Gasteiger partial charge in [0.05, 0.1) is 0 Å². The normalized spacial score (nSPS) is 28.9. The summed E-state index contributed by atoms with van der Waals surface area (Å²) in [5.74, 6) is 0.610. The lowest BCUT2D eigenvalue weighted by Gasteiger charge is -2.21. The third kappa shape index (κ3) is 3.07. The maximum absolute atomic E-state index is 12.8. The van der Waals surface area contributed by atoms with Gasteiger partial charge in [-0.1, -0.05) is 22.0 Å². The predicted molar refractivity (Wildman–Crippen MR) is 98.3 cm³/mol. The molecule has 0 spiro atoms. The van der Waals surface area contributed by atoms with E-state index < -0.39 is 5.92 Å². The average molecular weight is 415 g/mol. The molecule has 3 atom stereocenters. The summed E-state index contributed by atoms with van der Waals surface area (Å²) in [6.45, 7) is 4.22. The number of hydrogen-bond donors (Lipinski definition) is 1. The van der Waals surface area contributed by atoms with Gasteiger partial charge in [0.25, 0.3) is 0 Å². The fourth-order valence-electron chi connectivity index (χ4n) is 4.07. The van der Waals surface area contributed by atoms with Crippen molar-refractivity contribution in [2.24, 2.45) is 17.8 Å². The molecule has 1 unspecified atom stereocenters. The molecule has 5 nitrogen and oxygen atoms in total. The van der Waals surface area contributed by atoms with Gasteiger partial charge in [-0.3, -0.25) is 9.59 Å². The van der Waals surface area contributed by atoms with Crippen molar-refractivity contribution < 1.29 is 9.59 Å². The third-order valence-electron chi connectivity index (χ3n) is 5.32. The molecule has 2 amide bonds. The van der Waals surface area contributed by atoms with Crippen LogP contribution in [-0.4, -0.2) is 49.4 Å². The first-order valence-electron chi connectivity index (χ1n) is 8.20. The minimum atomic E-state index is -0.499. The number of nitrogens with one attached hydrogen (secondary N) is 1. The van der Waals surface area contributed by atoms with Gasteiger partial charge < -0.3 is 15.1 Å². The van der Waals surface area contributed by atoms with Gasteiger partial charge in [-0.15, -0.1) is 12.4 Å². The van der Waals surface area contributed by atoms with Crippen LogP contribution in [0.4, 0.5) is 5.69 Å². The number of anilines is 1. The van der Waals surface area contributed by atoms with Crippen molar-refractivity contribution in [1.82, 2.24) is 10.2 Å². The fraction of sp³-hybridized carbons (Fsp3) is 0.529. The Morgan fingerprint density at radius 3 is 2.58 bits per heavy atom. The predicted octanol–water partition coefficient (Wildman–Crippen LogP) is 1.90. The minimum Gasteiger partial charge on any atom is -0.341 e. The zero-order valence-electron chi connectivity index (χ0n) is 13.3. The lowest BCUT2D eigenvalue weighted by Crippen LogP contribution is -2.40. The van der Waals surface area contributed by atoms with Gasteiger partial charge in [0.1, 0.15) is 5.92 Å². The molecule has 0 radical (unpaired) electrons. The topological polar surface area (TPSA) is 52.7 Å². The second kappa shape index (κ2) is 7.02. The van der Waals surface area contributed by atoms with E-state index in [1.54, 1.807) is 4.90 Å². The van der Waals surface area contributed by atoms with Crippen molar-refractivity contribution in [3.05, 3.63) is 28.7 Å². The van der Waals surface area contributed by atoms with Crippen LogP contribution in [0.2, 0.25) is 0 Å². The second-order valence-electron chi connectivity index (χ2n) is 6.73. The van der Waals surface area contributed by atoms with E-state index in [0.29, 0.717) is 24.8 Å². The van der Waals surface area contributed by atoms with Crippen LogP contribution in [-0.2, 0) is 9.59 Å². The van der Waals surface area contributed by atoms with Crippen LogP contribution in [0.25, 0.3) is 0 Å². The Bertz CT molecular complexity index is 644. The first kappa shape index (κ1) is 17.7. The van der Waals surface area contributed by atoms with Crippen LogP contribution in [0.3, 0.4) is 0 Å². The van der Waals surface area contributed by atoms with Gasteiger partial charge >= 0.3 is 0 Å². The second-order valence-corrected chi connectivity index (χ2v) is 7.65. The summed E-state index contributed by atoms with van der Waals surface area (Å²) >= 11 is 3.44. The molecule has 1 aromatic rings. The number of hydrogen-bond acceptors (Lipinski definition) is 3. The number of carbonyl (C=O) groups is 2. The number of carbonyl (C=O) groups excluding carboxylic acids is 2. The van der Waals surface area contributed by atoms with Crippen molar-refractivity contribution in [3.63, 3.8) is 0 Å². The van der Waals surface area contributed by atoms with Gasteiger partial charge in [0.2, 0.25) is 11.8 Å². The van der Waals surface area contributed by atoms with E-state index in [-0.39, 0.29) is 24.2 Å². The molecule has 3 saturated heterocycles. The summed E-state index contributed by atoms with van der Waals surface area (Å²) in [7, 11) is 0. The number of fused-ring (bicyclic) bond motifs is 1. The molecule has 1 aromatic carbocycles. The number of benzene rings is 1. The maximum atomic E-state index is 12.8. The molecule has 3 aliphatic rings. The van der Waals surface area contributed by atoms with Crippen LogP contribution in [0.5, 0.6) is 0 Å². The number of rotatable bonds is 2. The SMILES string of the molecule is Cl.O=C(C1CCN(c2cccc(Br)c2)C1=O)N1C[C@H]2CNC[C@H]2C1. The summed E-state index contributed by atoms with van der Waals surface area (Å²) in [6, 6.07) is 7.69. The van der Waals surface area contributed by atoms with E-state index in [1.165, 1.54) is 0 Å². The molecule has 0 bridgehead atoms. The van der Waals surface area contributed by atoms with E-state index in [0.717, 1.165) is 36.3 Å². The maximum Gasteiger partial charge on any atom is 0.239 e. The monoisotopic (exact) mass is 413 g/mol. The zero-order valence-corrected chi connectivity index (χ0v) is 15.7. The molecule has 7 heteroatoms. The van der Waals surface area contributed by atoms with Gasteiger partial charge in [0.15, 0.2) is 0 Å². The Kier molecular flexibility index (Phi) is 5.18. The number of nitrogens with zero attached hydrogens (tertiary/aromatic N) is 2. The number of halogens is 2. The Balaban J connectivity index is 0.00000169. The summed E-state index contributed by atoms with van der Waals surface area (Å²) in [5, 5.41) is 3.38. The lowest BCUT2D eigenvalue weighted by atomic mass is 10.0. The van der Waals surface area contributed by atoms with E-state index in [1.807, 2.05) is 29.2 Å². The molecule has 0 aliphatic carbocycles. The summed E-state index contributed by atoms with van der Waals surface area (Å²) < 4.78 is 0.942. The molecule has 3 aliphatic heterocycles. The van der Waals surface area contributed by atoms with Crippen LogP contribution >= 0.6 is 28.3 Å². The average Bonchev–Trinajstić information content (AvgIpc) is 3.20. The zero-order chi connectivity index (χ0) is 16.0. The molecule has 130 valence electrons. The van der Waals surface area contributed by atoms with Crippen LogP contribution in [0.1, 0.15) is 6.42 Å². The van der Waals surface area contributed by atoms with Gasteiger partial charge in [-0.25, -0.2) is 0 Å². The Morgan fingerprint density at radius 1 is 1.21 bits per heavy atom. The molecule has 1 N–H and O–H groups in total. The molecular weight excluding hydrogens is 394 g/mol. The highest BCUT2D eigenvalue weighted by atomic mass is 79.9. The molecule has 0 saturated carbocycles. The van der Waals surface area contributed by atoms with E-state index in [9.17, 15) is 9.59 Å². The highest BCUT2D eigenvalue weighted by molar-refractivity contribution is 9.10. The van der Waals surface area contributed by atoms with Crippen LogP contribution in [0.15, 0.2) is 28.7 Å². The standard InChI is InChI=1S/C17H20BrN3O2.ClH/c18-13-2-1-3-14(6-13)21-5-4-15(17(21)23)16(22)20-9-11-7-19-8-12(11)10-20;/h1-3,6,11-12,15,19H,4-5,7-10H2;1H/t11-,12+,15?;. The third-order valence-corrected chi connectivity index (χ3v) is 5.82. The van der Waals surface area contributed by atoms with E-state index >= 15 is 0 Å². The highest BCUT2D eigenvalue weighted by Crippen LogP contribution is 2.32. The first-order valence-corrected chi connectivity index (χ1v) is 8.99. The van der Waals surface area contributed by atoms with Crippen molar-refractivity contribution in [2.45, 2.75) is 6.42 Å². The van der Waals surface area contributed by atoms with Crippen LogP contribution < -0.4 is 10.2 Å². The largest absolute Gasteiger partial charge is 0.341 e. The van der Waals surface area contributed by atoms with Crippen molar-refractivity contribution in [1.29, 1.82) is 0 Å². The molecular formula is C17H21BrClN3O2. The Hall–Kier alpha value is -1.11. The quantitative estimate of drug-likeness (QED) is 0.752. The van der Waals surface area contributed by atoms with Crippen molar-refractivity contribution in [2.75, 3.05) is 37.6 Å². The highest BCUT2D eigenvalue weighted by Gasteiger charge is 2.44. The van der Waals surface area contributed by atoms with Gasteiger partial charge in [-0.2, -0.15) is 0 Å². The van der Waals surface area contributed by atoms with Gasteiger partial charge in [-0.05, 0) is 36.5 Å². The lowest BCUT2D eigenvalue weighted by molar-refractivity contribution is -0.139. The summed E-state index contributed by atoms with van der Waals surface area (Å²) in [4.78, 5) is 29.2. The fourth-order valence-corrected chi connectivity index (χ4v) is 4.45. The Morgan fingerprint density at radius 2 is 1.92 bits per heavy atom. The Labute approximate surface area is 156 Å². The number of likely N-dealkylation sites (tertiary alicyclic amines) is 1. The first-order chi connectivity index (χ1) is 11.1. The number of amides is 2. The molecule has 3 fully saturated rings. The smallest absolute Gasteiger partial charge is 0.239 e. The summed E-state index contributed by atoms with van der Waals surface area (Å²) in [5.41, 5.74) is 0.863. The molecule has 3 heterocycles. The van der Waals surface area contributed by atoms with E-state index in [4.69, 9.17) is 0 Å². The molecule has 24 heavy (non-hydrogen) atoms. The minimum absolute atomic E-state index is 0. The van der Waals surface area contributed by atoms with E-state index in [2.05, 4.69) is 21.2 Å².